The van der Waals surface area contributed by atoms with E-state index >= 15 is 0 Å². The highest BCUT2D eigenvalue weighted by atomic mass is 35.5. The molecule has 0 atom stereocenters. The summed E-state index contributed by atoms with van der Waals surface area (Å²) in [4.78, 5) is 22.5. The minimum Gasteiger partial charge on any atom is -0.481 e. The summed E-state index contributed by atoms with van der Waals surface area (Å²) >= 11 is 5.74. The molecular weight excluding hydrogens is 297 g/mol. The van der Waals surface area contributed by atoms with Crippen LogP contribution in [-0.4, -0.2) is 23.5 Å². The van der Waals surface area contributed by atoms with Gasteiger partial charge in [-0.05, 0) is 30.4 Å². The molecule has 0 fully saturated rings. The lowest BCUT2D eigenvalue weighted by Crippen LogP contribution is -2.28. The Hall–Kier alpha value is -1.62. The zero-order valence-corrected chi connectivity index (χ0v) is 12.8. The molecule has 1 aromatic rings. The Kier molecular flexibility index (Phi) is 6.15. The third-order valence-electron chi connectivity index (χ3n) is 3.30. The number of halogens is 2. The average molecular weight is 316 g/mol. The molecule has 116 valence electrons. The minimum absolute atomic E-state index is 0.0939. The van der Waals surface area contributed by atoms with Gasteiger partial charge in [0.15, 0.2) is 0 Å². The summed E-state index contributed by atoms with van der Waals surface area (Å²) in [6.07, 6.45) is 1.24. The topological polar surface area (TPSA) is 66.4 Å². The highest BCUT2D eigenvalue weighted by Gasteiger charge is 2.20. The number of carboxylic acids is 1. The van der Waals surface area contributed by atoms with Gasteiger partial charge < -0.3 is 10.4 Å². The first-order valence-corrected chi connectivity index (χ1v) is 7.05. The van der Waals surface area contributed by atoms with Crippen LogP contribution in [0.3, 0.4) is 0 Å². The molecular formula is C15H19ClFNO3. The first kappa shape index (κ1) is 17.4. The van der Waals surface area contributed by atoms with Gasteiger partial charge in [0.1, 0.15) is 5.82 Å². The molecule has 0 saturated heterocycles. The van der Waals surface area contributed by atoms with Gasteiger partial charge in [-0.3, -0.25) is 9.59 Å². The standard InChI is InChI=1S/C15H19ClFNO3/c1-15(2,7-6-12(19)20)8-9-18-14(21)10-4-3-5-11(17)13(10)16/h3-5H,6-9H2,1-2H3,(H,18,21)(H,19,20). The fourth-order valence-electron chi connectivity index (χ4n) is 1.86. The molecule has 0 radical (unpaired) electrons. The number of aliphatic carboxylic acids is 1. The lowest BCUT2D eigenvalue weighted by atomic mass is 9.84. The predicted molar refractivity (Wildman–Crippen MR) is 79.0 cm³/mol. The van der Waals surface area contributed by atoms with Crippen molar-refractivity contribution in [3.05, 3.63) is 34.6 Å². The van der Waals surface area contributed by atoms with E-state index in [0.717, 1.165) is 0 Å². The third kappa shape index (κ3) is 5.71. The Morgan fingerprint density at radius 1 is 1.33 bits per heavy atom. The minimum atomic E-state index is -0.835. The molecule has 0 aliphatic carbocycles. The molecule has 0 bridgehead atoms. The number of carbonyl (C=O) groups is 2. The number of carboxylic acid groups (broad SMARTS) is 1. The molecule has 0 unspecified atom stereocenters. The van der Waals surface area contributed by atoms with Crippen molar-refractivity contribution in [3.8, 4) is 0 Å². The molecule has 1 aromatic carbocycles. The second kappa shape index (κ2) is 7.41. The van der Waals surface area contributed by atoms with Crippen LogP contribution in [0, 0.1) is 11.2 Å². The van der Waals surface area contributed by atoms with Gasteiger partial charge in [-0.1, -0.05) is 31.5 Å². The second-order valence-electron chi connectivity index (χ2n) is 5.67. The van der Waals surface area contributed by atoms with E-state index in [0.29, 0.717) is 19.4 Å². The first-order valence-electron chi connectivity index (χ1n) is 6.67. The van der Waals surface area contributed by atoms with E-state index in [4.69, 9.17) is 16.7 Å². The van der Waals surface area contributed by atoms with Gasteiger partial charge in [-0.2, -0.15) is 0 Å². The van der Waals surface area contributed by atoms with Gasteiger partial charge in [0.2, 0.25) is 0 Å². The van der Waals surface area contributed by atoms with Crippen molar-refractivity contribution in [1.29, 1.82) is 0 Å². The summed E-state index contributed by atoms with van der Waals surface area (Å²) in [5.41, 5.74) is -0.0998. The maximum atomic E-state index is 13.3. The van der Waals surface area contributed by atoms with E-state index in [2.05, 4.69) is 5.32 Å². The Balaban J connectivity index is 2.50. The van der Waals surface area contributed by atoms with Crippen LogP contribution in [0.5, 0.6) is 0 Å². The van der Waals surface area contributed by atoms with E-state index in [9.17, 15) is 14.0 Å². The van der Waals surface area contributed by atoms with E-state index in [1.807, 2.05) is 13.8 Å². The van der Waals surface area contributed by atoms with Crippen molar-refractivity contribution in [3.63, 3.8) is 0 Å². The van der Waals surface area contributed by atoms with Gasteiger partial charge in [0.05, 0.1) is 10.6 Å². The van der Waals surface area contributed by atoms with Crippen LogP contribution in [0.2, 0.25) is 5.02 Å². The summed E-state index contributed by atoms with van der Waals surface area (Å²) in [6, 6.07) is 4.07. The lowest BCUT2D eigenvalue weighted by molar-refractivity contribution is -0.137. The molecule has 21 heavy (non-hydrogen) atoms. The average Bonchev–Trinajstić information content (AvgIpc) is 2.39. The van der Waals surface area contributed by atoms with E-state index in [-0.39, 0.29) is 22.4 Å². The van der Waals surface area contributed by atoms with Crippen molar-refractivity contribution < 1.29 is 19.1 Å². The number of hydrogen-bond donors (Lipinski definition) is 2. The van der Waals surface area contributed by atoms with Crippen molar-refractivity contribution in [2.24, 2.45) is 5.41 Å². The number of benzene rings is 1. The Labute approximate surface area is 128 Å². The van der Waals surface area contributed by atoms with Crippen molar-refractivity contribution in [1.82, 2.24) is 5.32 Å². The van der Waals surface area contributed by atoms with E-state index in [1.54, 1.807) is 0 Å². The SMILES string of the molecule is CC(C)(CCNC(=O)c1cccc(F)c1Cl)CCC(=O)O. The highest BCUT2D eigenvalue weighted by molar-refractivity contribution is 6.34. The molecule has 0 aliphatic heterocycles. The summed E-state index contributed by atoms with van der Waals surface area (Å²) < 4.78 is 13.3. The molecule has 1 amide bonds. The maximum absolute atomic E-state index is 13.3. The number of nitrogens with one attached hydrogen (secondary N) is 1. The van der Waals surface area contributed by atoms with Gasteiger partial charge in [-0.25, -0.2) is 4.39 Å². The highest BCUT2D eigenvalue weighted by Crippen LogP contribution is 2.26. The van der Waals surface area contributed by atoms with Crippen LogP contribution >= 0.6 is 11.6 Å². The predicted octanol–water partition coefficient (Wildman–Crippen LogP) is 3.49. The largest absolute Gasteiger partial charge is 0.481 e. The van der Waals surface area contributed by atoms with Crippen LogP contribution in [0.4, 0.5) is 4.39 Å². The Morgan fingerprint density at radius 3 is 2.62 bits per heavy atom. The normalized spacial score (nSPS) is 11.2. The van der Waals surface area contributed by atoms with E-state index < -0.39 is 17.7 Å². The molecule has 0 aromatic heterocycles. The molecule has 0 spiro atoms. The zero-order valence-electron chi connectivity index (χ0n) is 12.1. The summed E-state index contributed by atoms with van der Waals surface area (Å²) in [5.74, 6) is -1.90. The van der Waals surface area contributed by atoms with Gasteiger partial charge in [0.25, 0.3) is 5.91 Å². The third-order valence-corrected chi connectivity index (χ3v) is 3.68. The number of carbonyl (C=O) groups excluding carboxylic acids is 1. The Morgan fingerprint density at radius 2 is 2.00 bits per heavy atom. The molecule has 1 rings (SSSR count). The second-order valence-corrected chi connectivity index (χ2v) is 6.04. The van der Waals surface area contributed by atoms with Crippen LogP contribution in [0.1, 0.15) is 43.5 Å². The van der Waals surface area contributed by atoms with Gasteiger partial charge in [0, 0.05) is 13.0 Å². The summed E-state index contributed by atoms with van der Waals surface area (Å²) in [6.45, 7) is 4.26. The summed E-state index contributed by atoms with van der Waals surface area (Å²) in [7, 11) is 0. The number of hydrogen-bond acceptors (Lipinski definition) is 2. The van der Waals surface area contributed by atoms with Crippen LogP contribution in [0.15, 0.2) is 18.2 Å². The van der Waals surface area contributed by atoms with Gasteiger partial charge in [-0.15, -0.1) is 0 Å². The van der Waals surface area contributed by atoms with Crippen molar-refractivity contribution >= 4 is 23.5 Å². The number of amides is 1. The maximum Gasteiger partial charge on any atom is 0.303 e. The molecule has 0 aliphatic rings. The smallest absolute Gasteiger partial charge is 0.303 e. The van der Waals surface area contributed by atoms with Crippen molar-refractivity contribution in [2.75, 3.05) is 6.54 Å². The van der Waals surface area contributed by atoms with Crippen LogP contribution in [0.25, 0.3) is 0 Å². The fourth-order valence-corrected chi connectivity index (χ4v) is 2.07. The molecule has 6 heteroatoms. The van der Waals surface area contributed by atoms with Crippen LogP contribution < -0.4 is 5.32 Å². The van der Waals surface area contributed by atoms with Crippen molar-refractivity contribution in [2.45, 2.75) is 33.1 Å². The molecule has 0 saturated carbocycles. The lowest BCUT2D eigenvalue weighted by Gasteiger charge is -2.23. The molecule has 4 nitrogen and oxygen atoms in total. The number of rotatable bonds is 7. The van der Waals surface area contributed by atoms with Gasteiger partial charge >= 0.3 is 5.97 Å². The quantitative estimate of drug-likeness (QED) is 0.809. The van der Waals surface area contributed by atoms with Crippen LogP contribution in [-0.2, 0) is 4.79 Å². The molecule has 2 N–H and O–H groups in total. The zero-order chi connectivity index (χ0) is 16.0. The monoisotopic (exact) mass is 315 g/mol. The fraction of sp³-hybridized carbons (Fsp3) is 0.467. The first-order chi connectivity index (χ1) is 9.73. The molecule has 0 heterocycles. The summed E-state index contributed by atoms with van der Waals surface area (Å²) in [5, 5.41) is 11.2. The van der Waals surface area contributed by atoms with E-state index in [1.165, 1.54) is 18.2 Å². The Bertz CT molecular complexity index is 532.